The van der Waals surface area contributed by atoms with Gasteiger partial charge in [0.05, 0.1) is 14.9 Å². The molecule has 1 amide bonds. The molecule has 2 heterocycles. The van der Waals surface area contributed by atoms with Gasteiger partial charge in [0.15, 0.2) is 5.82 Å². The number of hydrogen-bond acceptors (Lipinski definition) is 6. The Labute approximate surface area is 179 Å². The van der Waals surface area contributed by atoms with Crippen molar-refractivity contribution in [3.05, 3.63) is 40.0 Å². The predicted molar refractivity (Wildman–Crippen MR) is 109 cm³/mol. The lowest BCUT2D eigenvalue weighted by atomic mass is 10.2. The Hall–Kier alpha value is -1.68. The zero-order valence-corrected chi connectivity index (χ0v) is 18.5. The summed E-state index contributed by atoms with van der Waals surface area (Å²) in [5.74, 6) is 1.14. The first kappa shape index (κ1) is 22.0. The first-order valence-corrected chi connectivity index (χ1v) is 11.4. The molecule has 0 atom stereocenters. The fourth-order valence-corrected chi connectivity index (χ4v) is 4.75. The molecule has 1 saturated heterocycles. The van der Waals surface area contributed by atoms with E-state index in [0.29, 0.717) is 36.2 Å². The Kier molecular flexibility index (Phi) is 6.83. The van der Waals surface area contributed by atoms with E-state index in [1.165, 1.54) is 22.5 Å². The van der Waals surface area contributed by atoms with Crippen LogP contribution in [0.15, 0.2) is 27.6 Å². The molecule has 0 radical (unpaired) electrons. The molecular weight excluding hydrogens is 439 g/mol. The summed E-state index contributed by atoms with van der Waals surface area (Å²) in [6, 6.07) is 4.22. The highest BCUT2D eigenvalue weighted by molar-refractivity contribution is 7.89. The highest BCUT2D eigenvalue weighted by Gasteiger charge is 2.30. The molecule has 1 fully saturated rings. The van der Waals surface area contributed by atoms with Crippen molar-refractivity contribution in [3.63, 3.8) is 0 Å². The number of amides is 1. The summed E-state index contributed by atoms with van der Waals surface area (Å²) in [7, 11) is -3.69. The summed E-state index contributed by atoms with van der Waals surface area (Å²) >= 11 is 11.8. The van der Waals surface area contributed by atoms with Crippen molar-refractivity contribution < 1.29 is 17.7 Å². The van der Waals surface area contributed by atoms with Crippen LogP contribution in [-0.2, 0) is 21.2 Å². The maximum absolute atomic E-state index is 12.8. The van der Waals surface area contributed by atoms with Crippen LogP contribution in [0, 0.1) is 0 Å². The first-order valence-electron chi connectivity index (χ1n) is 9.24. The number of nitrogens with zero attached hydrogens (tertiary/aromatic N) is 4. The van der Waals surface area contributed by atoms with Crippen LogP contribution in [0.4, 0.5) is 0 Å². The second-order valence-corrected chi connectivity index (χ2v) is 9.81. The van der Waals surface area contributed by atoms with Crippen LogP contribution in [0.1, 0.15) is 37.9 Å². The predicted octanol–water partition coefficient (Wildman–Crippen LogP) is 2.97. The van der Waals surface area contributed by atoms with E-state index in [2.05, 4.69) is 10.1 Å². The first-order chi connectivity index (χ1) is 13.7. The van der Waals surface area contributed by atoms with Gasteiger partial charge in [-0.2, -0.15) is 9.29 Å². The maximum atomic E-state index is 12.8. The van der Waals surface area contributed by atoms with Gasteiger partial charge in [-0.15, -0.1) is 0 Å². The smallest absolute Gasteiger partial charge is 0.243 e. The van der Waals surface area contributed by atoms with E-state index in [1.54, 1.807) is 4.90 Å². The third-order valence-corrected chi connectivity index (χ3v) is 7.31. The van der Waals surface area contributed by atoms with Crippen molar-refractivity contribution >= 4 is 39.1 Å². The minimum atomic E-state index is -3.69. The fourth-order valence-electron chi connectivity index (χ4n) is 2.94. The number of piperazine rings is 1. The number of benzene rings is 1. The molecule has 3 rings (SSSR count). The molecule has 11 heteroatoms. The van der Waals surface area contributed by atoms with Crippen LogP contribution in [0.3, 0.4) is 0 Å². The lowest BCUT2D eigenvalue weighted by Crippen LogP contribution is -2.50. The molecule has 1 aliphatic rings. The van der Waals surface area contributed by atoms with Crippen LogP contribution in [-0.4, -0.2) is 59.8 Å². The van der Waals surface area contributed by atoms with Crippen molar-refractivity contribution in [1.82, 2.24) is 19.3 Å². The number of rotatable bonds is 6. The second-order valence-electron chi connectivity index (χ2n) is 7.06. The Balaban J connectivity index is 1.55. The van der Waals surface area contributed by atoms with Crippen LogP contribution in [0.5, 0.6) is 0 Å². The lowest BCUT2D eigenvalue weighted by molar-refractivity contribution is -0.132. The van der Waals surface area contributed by atoms with Gasteiger partial charge in [0, 0.05) is 44.9 Å². The monoisotopic (exact) mass is 460 g/mol. The summed E-state index contributed by atoms with van der Waals surface area (Å²) in [6.07, 6.45) is 0.597. The Morgan fingerprint density at radius 1 is 1.17 bits per heavy atom. The van der Waals surface area contributed by atoms with Crippen molar-refractivity contribution in [3.8, 4) is 0 Å². The maximum Gasteiger partial charge on any atom is 0.243 e. The van der Waals surface area contributed by atoms with E-state index in [4.69, 9.17) is 27.7 Å². The van der Waals surface area contributed by atoms with E-state index in [0.717, 1.165) is 0 Å². The van der Waals surface area contributed by atoms with E-state index in [-0.39, 0.29) is 41.3 Å². The van der Waals surface area contributed by atoms with E-state index < -0.39 is 10.0 Å². The van der Waals surface area contributed by atoms with Crippen molar-refractivity contribution in [1.29, 1.82) is 0 Å². The van der Waals surface area contributed by atoms with E-state index in [1.807, 2.05) is 13.8 Å². The van der Waals surface area contributed by atoms with Gasteiger partial charge in [0.25, 0.3) is 0 Å². The third-order valence-electron chi connectivity index (χ3n) is 4.67. The summed E-state index contributed by atoms with van der Waals surface area (Å²) in [6.45, 7) is 5.00. The van der Waals surface area contributed by atoms with Gasteiger partial charge in [0.2, 0.25) is 21.8 Å². The van der Waals surface area contributed by atoms with Crippen LogP contribution < -0.4 is 0 Å². The topological polar surface area (TPSA) is 96.6 Å². The fraction of sp³-hybridized carbons (Fsp3) is 0.500. The van der Waals surface area contributed by atoms with Crippen LogP contribution in [0.25, 0.3) is 0 Å². The molecule has 1 aromatic heterocycles. The summed E-state index contributed by atoms with van der Waals surface area (Å²) in [4.78, 5) is 18.5. The van der Waals surface area contributed by atoms with Crippen LogP contribution in [0.2, 0.25) is 10.0 Å². The molecule has 0 saturated carbocycles. The highest BCUT2D eigenvalue weighted by Crippen LogP contribution is 2.27. The molecule has 2 aromatic rings. The summed E-state index contributed by atoms with van der Waals surface area (Å²) in [5.41, 5.74) is 0. The minimum Gasteiger partial charge on any atom is -0.340 e. The van der Waals surface area contributed by atoms with Gasteiger partial charge in [-0.05, 0) is 18.2 Å². The minimum absolute atomic E-state index is 0.0686. The van der Waals surface area contributed by atoms with Crippen molar-refractivity contribution in [2.45, 2.75) is 37.5 Å². The van der Waals surface area contributed by atoms with Crippen LogP contribution >= 0.6 is 23.2 Å². The largest absolute Gasteiger partial charge is 0.340 e. The Morgan fingerprint density at radius 2 is 1.86 bits per heavy atom. The van der Waals surface area contributed by atoms with E-state index in [9.17, 15) is 13.2 Å². The quantitative estimate of drug-likeness (QED) is 0.656. The molecule has 0 spiro atoms. The zero-order valence-electron chi connectivity index (χ0n) is 16.1. The van der Waals surface area contributed by atoms with E-state index >= 15 is 0 Å². The number of aryl methyl sites for hydroxylation is 1. The normalized spacial score (nSPS) is 15.8. The van der Waals surface area contributed by atoms with Gasteiger partial charge in [-0.1, -0.05) is 42.2 Å². The lowest BCUT2D eigenvalue weighted by Gasteiger charge is -2.34. The number of aromatic nitrogens is 2. The van der Waals surface area contributed by atoms with Gasteiger partial charge >= 0.3 is 0 Å². The molecule has 8 nitrogen and oxygen atoms in total. The highest BCUT2D eigenvalue weighted by atomic mass is 35.5. The molecule has 1 aromatic carbocycles. The second kappa shape index (κ2) is 8.99. The van der Waals surface area contributed by atoms with Gasteiger partial charge in [0.1, 0.15) is 0 Å². The molecule has 29 heavy (non-hydrogen) atoms. The third kappa shape index (κ3) is 5.09. The average Bonchev–Trinajstić information content (AvgIpc) is 3.17. The van der Waals surface area contributed by atoms with Crippen molar-refractivity contribution in [2.75, 3.05) is 26.2 Å². The van der Waals surface area contributed by atoms with Gasteiger partial charge in [-0.25, -0.2) is 8.42 Å². The summed E-state index contributed by atoms with van der Waals surface area (Å²) in [5, 5.41) is 4.36. The molecule has 158 valence electrons. The molecule has 0 bridgehead atoms. The molecule has 0 unspecified atom stereocenters. The number of hydrogen-bond donors (Lipinski definition) is 0. The number of halogens is 2. The SMILES string of the molecule is CC(C)c1noc(CCC(=O)N2CCN(S(=O)(=O)c3ccc(Cl)c(Cl)c3)CC2)n1. The zero-order chi connectivity index (χ0) is 21.2. The standard InChI is InChI=1S/C18H22Cl2N4O4S/c1-12(2)18-21-16(28-22-18)5-6-17(25)23-7-9-24(10-8-23)29(26,27)13-3-4-14(19)15(20)11-13/h3-4,11-12H,5-10H2,1-2H3. The molecule has 0 N–H and O–H groups in total. The number of carbonyl (C=O) groups excluding carboxylic acids is 1. The molecule has 1 aliphatic heterocycles. The Bertz CT molecular complexity index is 985. The summed E-state index contributed by atoms with van der Waals surface area (Å²) < 4.78 is 32.1. The Morgan fingerprint density at radius 3 is 2.45 bits per heavy atom. The van der Waals surface area contributed by atoms with Gasteiger partial charge < -0.3 is 9.42 Å². The van der Waals surface area contributed by atoms with Gasteiger partial charge in [-0.3, -0.25) is 4.79 Å². The van der Waals surface area contributed by atoms with Crippen molar-refractivity contribution in [2.24, 2.45) is 0 Å². The average molecular weight is 461 g/mol. The number of sulfonamides is 1. The molecular formula is C18H22Cl2N4O4S. The number of carbonyl (C=O) groups is 1. The molecule has 0 aliphatic carbocycles.